The molecule has 0 spiro atoms. The number of carbonyl (C=O) groups excluding carboxylic acids is 1. The first kappa shape index (κ1) is 26.6. The molecule has 1 aliphatic rings. The van der Waals surface area contributed by atoms with E-state index in [0.717, 1.165) is 42.0 Å². The van der Waals surface area contributed by atoms with Crippen LogP contribution in [0.4, 0.5) is 18.2 Å². The Morgan fingerprint density at radius 1 is 1.06 bits per heavy atom. The highest BCUT2D eigenvalue weighted by Crippen LogP contribution is 2.30. The molecule has 36 heavy (non-hydrogen) atoms. The molecule has 1 aliphatic heterocycles. The highest BCUT2D eigenvalue weighted by Gasteiger charge is 2.30. The zero-order valence-electron chi connectivity index (χ0n) is 18.9. The minimum absolute atomic E-state index is 0.0776. The Hall–Kier alpha value is -2.44. The second-order valence-electron chi connectivity index (χ2n) is 8.47. The van der Waals surface area contributed by atoms with Gasteiger partial charge in [-0.3, -0.25) is 9.69 Å². The average Bonchev–Trinajstić information content (AvgIpc) is 3.29. The number of nitrogens with zero attached hydrogens (tertiary/aromatic N) is 1. The third-order valence-corrected chi connectivity index (χ3v) is 8.97. The third-order valence-electron chi connectivity index (χ3n) is 5.70. The topological polar surface area (TPSA) is 78.5 Å². The van der Waals surface area contributed by atoms with Crippen LogP contribution in [0.3, 0.4) is 0 Å². The van der Waals surface area contributed by atoms with E-state index in [-0.39, 0.29) is 16.2 Å². The predicted molar refractivity (Wildman–Crippen MR) is 134 cm³/mol. The van der Waals surface area contributed by atoms with Crippen LogP contribution in [-0.2, 0) is 22.7 Å². The van der Waals surface area contributed by atoms with E-state index in [2.05, 4.69) is 10.0 Å². The number of nitrogens with one attached hydrogen (secondary N) is 2. The monoisotopic (exact) mass is 557 g/mol. The van der Waals surface area contributed by atoms with Crippen LogP contribution < -0.4 is 10.0 Å². The van der Waals surface area contributed by atoms with Crippen LogP contribution in [0.15, 0.2) is 64.9 Å². The summed E-state index contributed by atoms with van der Waals surface area (Å²) < 4.78 is 67.0. The summed E-state index contributed by atoms with van der Waals surface area (Å²) in [4.78, 5) is 14.4. The molecular formula is C24H23ClF3N3O3S2. The maximum Gasteiger partial charge on any atom is 0.416 e. The van der Waals surface area contributed by atoms with Crippen LogP contribution >= 0.6 is 22.9 Å². The number of alkyl halides is 3. The molecule has 1 fully saturated rings. The van der Waals surface area contributed by atoms with Gasteiger partial charge in [0, 0.05) is 29.7 Å². The lowest BCUT2D eigenvalue weighted by molar-refractivity contribution is -0.137. The Labute approximate surface area is 216 Å². The quantitative estimate of drug-likeness (QED) is 0.395. The molecule has 4 rings (SSSR count). The molecule has 3 aromatic rings. The SMILES string of the molecule is O=C(Nc1ccc(S(=O)(=O)NC2CCCN(Cc3ccc(C(F)(F)F)cc3)C2)s1)c1ccc(Cl)cc1. The lowest BCUT2D eigenvalue weighted by Gasteiger charge is -2.32. The van der Waals surface area contributed by atoms with Gasteiger partial charge in [0.2, 0.25) is 10.0 Å². The molecule has 0 bridgehead atoms. The van der Waals surface area contributed by atoms with Gasteiger partial charge in [0.15, 0.2) is 0 Å². The maximum atomic E-state index is 13.0. The van der Waals surface area contributed by atoms with Gasteiger partial charge in [0.25, 0.3) is 5.91 Å². The van der Waals surface area contributed by atoms with Crippen molar-refractivity contribution in [3.05, 3.63) is 82.4 Å². The third kappa shape index (κ3) is 6.86. The number of halogens is 4. The summed E-state index contributed by atoms with van der Waals surface area (Å²) in [5.41, 5.74) is 0.423. The molecule has 6 nitrogen and oxygen atoms in total. The van der Waals surface area contributed by atoms with Crippen molar-refractivity contribution < 1.29 is 26.4 Å². The van der Waals surface area contributed by atoms with E-state index in [1.54, 1.807) is 24.3 Å². The van der Waals surface area contributed by atoms with Crippen molar-refractivity contribution in [3.8, 4) is 0 Å². The largest absolute Gasteiger partial charge is 0.416 e. The van der Waals surface area contributed by atoms with E-state index in [1.807, 2.05) is 4.90 Å². The Kier molecular flexibility index (Phi) is 8.06. The van der Waals surface area contributed by atoms with Crippen LogP contribution in [0.2, 0.25) is 5.02 Å². The summed E-state index contributed by atoms with van der Waals surface area (Å²) >= 11 is 6.78. The second-order valence-corrected chi connectivity index (χ2v) is 11.9. The number of hydrogen-bond acceptors (Lipinski definition) is 5. The van der Waals surface area contributed by atoms with E-state index in [0.29, 0.717) is 35.1 Å². The number of piperidine rings is 1. The summed E-state index contributed by atoms with van der Waals surface area (Å²) in [5, 5.41) is 3.58. The molecular weight excluding hydrogens is 535 g/mol. The van der Waals surface area contributed by atoms with Gasteiger partial charge in [-0.2, -0.15) is 13.2 Å². The summed E-state index contributed by atoms with van der Waals surface area (Å²) in [6.45, 7) is 1.58. The van der Waals surface area contributed by atoms with Crippen LogP contribution in [0.1, 0.15) is 34.3 Å². The average molecular weight is 558 g/mol. The molecule has 192 valence electrons. The number of amides is 1. The molecule has 12 heteroatoms. The number of sulfonamides is 1. The van der Waals surface area contributed by atoms with E-state index >= 15 is 0 Å². The lowest BCUT2D eigenvalue weighted by Crippen LogP contribution is -2.47. The van der Waals surface area contributed by atoms with Gasteiger partial charge < -0.3 is 5.32 Å². The standard InChI is InChI=1S/C24H23ClF3N3O3S2/c25-19-9-5-17(6-10-19)23(32)29-21-11-12-22(35-21)36(33,34)30-20-2-1-13-31(15-20)14-16-3-7-18(8-4-16)24(26,27)28/h3-12,20,30H,1-2,13-15H2,(H,29,32). The highest BCUT2D eigenvalue weighted by atomic mass is 35.5. The molecule has 2 N–H and O–H groups in total. The van der Waals surface area contributed by atoms with Crippen molar-refractivity contribution in [2.75, 3.05) is 18.4 Å². The van der Waals surface area contributed by atoms with Crippen LogP contribution in [0, 0.1) is 0 Å². The molecule has 1 unspecified atom stereocenters. The summed E-state index contributed by atoms with van der Waals surface area (Å²) in [5.74, 6) is -0.378. The number of rotatable bonds is 7. The van der Waals surface area contributed by atoms with E-state index < -0.39 is 21.8 Å². The van der Waals surface area contributed by atoms with Gasteiger partial charge >= 0.3 is 6.18 Å². The van der Waals surface area contributed by atoms with Gasteiger partial charge in [0.05, 0.1) is 10.6 Å². The number of likely N-dealkylation sites (tertiary alicyclic amines) is 1. The first-order chi connectivity index (χ1) is 17.0. The first-order valence-corrected chi connectivity index (χ1v) is 13.7. The van der Waals surface area contributed by atoms with Crippen LogP contribution in [0.5, 0.6) is 0 Å². The van der Waals surface area contributed by atoms with Crippen molar-refractivity contribution in [1.29, 1.82) is 0 Å². The Morgan fingerprint density at radius 3 is 2.42 bits per heavy atom. The summed E-state index contributed by atoms with van der Waals surface area (Å²) in [6, 6.07) is 14.0. The molecule has 2 heterocycles. The van der Waals surface area contributed by atoms with Crippen LogP contribution in [-0.4, -0.2) is 38.4 Å². The van der Waals surface area contributed by atoms with Gasteiger partial charge in [-0.05, 0) is 73.5 Å². The fraction of sp³-hybridized carbons (Fsp3) is 0.292. The molecule has 1 saturated heterocycles. The molecule has 1 atom stereocenters. The van der Waals surface area contributed by atoms with E-state index in [4.69, 9.17) is 11.6 Å². The Bertz CT molecular complexity index is 1310. The second kappa shape index (κ2) is 10.9. The van der Waals surface area contributed by atoms with Gasteiger partial charge in [0.1, 0.15) is 4.21 Å². The van der Waals surface area contributed by atoms with Crippen molar-refractivity contribution >= 4 is 43.9 Å². The number of hydrogen-bond donors (Lipinski definition) is 2. The predicted octanol–water partition coefficient (Wildman–Crippen LogP) is 5.62. The molecule has 1 aromatic heterocycles. The smallest absolute Gasteiger partial charge is 0.314 e. The lowest BCUT2D eigenvalue weighted by atomic mass is 10.1. The minimum atomic E-state index is -4.38. The van der Waals surface area contributed by atoms with Gasteiger partial charge in [-0.1, -0.05) is 23.7 Å². The van der Waals surface area contributed by atoms with E-state index in [9.17, 15) is 26.4 Å². The first-order valence-electron chi connectivity index (χ1n) is 11.1. The van der Waals surface area contributed by atoms with Crippen molar-refractivity contribution in [2.24, 2.45) is 0 Å². The number of benzene rings is 2. The summed E-state index contributed by atoms with van der Waals surface area (Å²) in [6.07, 6.45) is -2.98. The molecule has 0 radical (unpaired) electrons. The highest BCUT2D eigenvalue weighted by molar-refractivity contribution is 7.91. The van der Waals surface area contributed by atoms with E-state index in [1.165, 1.54) is 24.3 Å². The number of carbonyl (C=O) groups is 1. The molecule has 0 aliphatic carbocycles. The summed E-state index contributed by atoms with van der Waals surface area (Å²) in [7, 11) is -3.82. The van der Waals surface area contributed by atoms with Crippen molar-refractivity contribution in [3.63, 3.8) is 0 Å². The fourth-order valence-corrected chi connectivity index (χ4v) is 6.55. The zero-order chi connectivity index (χ0) is 25.9. The van der Waals surface area contributed by atoms with Crippen molar-refractivity contribution in [1.82, 2.24) is 9.62 Å². The normalized spacial score (nSPS) is 17.2. The molecule has 2 aromatic carbocycles. The minimum Gasteiger partial charge on any atom is -0.314 e. The van der Waals surface area contributed by atoms with Crippen LogP contribution in [0.25, 0.3) is 0 Å². The van der Waals surface area contributed by atoms with Crippen molar-refractivity contribution in [2.45, 2.75) is 35.8 Å². The Morgan fingerprint density at radius 2 is 1.75 bits per heavy atom. The molecule has 1 amide bonds. The van der Waals surface area contributed by atoms with Gasteiger partial charge in [-0.15, -0.1) is 11.3 Å². The molecule has 0 saturated carbocycles. The zero-order valence-corrected chi connectivity index (χ0v) is 21.3. The number of thiophene rings is 1. The fourth-order valence-electron chi connectivity index (χ4n) is 3.95. The van der Waals surface area contributed by atoms with Gasteiger partial charge in [-0.25, -0.2) is 13.1 Å². The number of anilines is 1. The Balaban J connectivity index is 1.35. The maximum absolute atomic E-state index is 13.0.